The fraction of sp³-hybridized carbons (Fsp3) is 0.200. The summed E-state index contributed by atoms with van der Waals surface area (Å²) in [5, 5.41) is 5.66. The molecule has 9 heteroatoms. The van der Waals surface area contributed by atoms with Gasteiger partial charge in [-0.2, -0.15) is 4.98 Å². The molecule has 3 aromatic rings. The highest BCUT2D eigenvalue weighted by molar-refractivity contribution is 5.95. The van der Waals surface area contributed by atoms with Crippen LogP contribution < -0.4 is 20.3 Å². The molecule has 1 fully saturated rings. The van der Waals surface area contributed by atoms with Crippen LogP contribution in [0.3, 0.4) is 0 Å². The van der Waals surface area contributed by atoms with E-state index in [2.05, 4.69) is 25.6 Å². The van der Waals surface area contributed by atoms with Crippen molar-refractivity contribution in [3.63, 3.8) is 0 Å². The van der Waals surface area contributed by atoms with Crippen LogP contribution in [-0.2, 0) is 0 Å². The number of nitrogens with one attached hydrogen (secondary N) is 2. The third-order valence-corrected chi connectivity index (χ3v) is 4.43. The van der Waals surface area contributed by atoms with Crippen LogP contribution >= 0.6 is 0 Å². The zero-order chi connectivity index (χ0) is 20.2. The molecule has 0 radical (unpaired) electrons. The fourth-order valence-corrected chi connectivity index (χ4v) is 2.91. The second kappa shape index (κ2) is 8.09. The van der Waals surface area contributed by atoms with Crippen molar-refractivity contribution >= 4 is 23.5 Å². The van der Waals surface area contributed by atoms with Crippen LogP contribution in [0.25, 0.3) is 0 Å². The maximum atomic E-state index is 13.7. The molecule has 0 aliphatic carbocycles. The van der Waals surface area contributed by atoms with E-state index in [1.165, 1.54) is 12.4 Å². The standard InChI is InChI=1S/C20H19FN6O2/c1-22-18(28)13-5-4-6-14(9-13)25-19-23-12-24-20(26-19)27-10-15(11-27)29-17-8-3-2-7-16(17)21/h2-9,12,15H,10-11H2,1H3,(H,22,28)(H,23,24,25,26). The van der Waals surface area contributed by atoms with Crippen molar-refractivity contribution < 1.29 is 13.9 Å². The zero-order valence-corrected chi connectivity index (χ0v) is 15.7. The highest BCUT2D eigenvalue weighted by atomic mass is 19.1. The predicted molar refractivity (Wildman–Crippen MR) is 106 cm³/mol. The first-order chi connectivity index (χ1) is 14.1. The highest BCUT2D eigenvalue weighted by Crippen LogP contribution is 2.24. The predicted octanol–water partition coefficient (Wildman–Crippen LogP) is 2.38. The van der Waals surface area contributed by atoms with Gasteiger partial charge in [0.2, 0.25) is 11.9 Å². The van der Waals surface area contributed by atoms with Gasteiger partial charge in [-0.25, -0.2) is 14.4 Å². The summed E-state index contributed by atoms with van der Waals surface area (Å²) in [5.74, 6) is 0.551. The number of carbonyl (C=O) groups excluding carboxylic acids is 1. The first-order valence-corrected chi connectivity index (χ1v) is 9.07. The van der Waals surface area contributed by atoms with Gasteiger partial charge >= 0.3 is 0 Å². The lowest BCUT2D eigenvalue weighted by Gasteiger charge is -2.38. The monoisotopic (exact) mass is 394 g/mol. The van der Waals surface area contributed by atoms with E-state index in [1.54, 1.807) is 43.4 Å². The number of ether oxygens (including phenoxy) is 1. The lowest BCUT2D eigenvalue weighted by molar-refractivity contribution is 0.0963. The van der Waals surface area contributed by atoms with E-state index in [1.807, 2.05) is 11.0 Å². The van der Waals surface area contributed by atoms with Gasteiger partial charge < -0.3 is 20.3 Å². The van der Waals surface area contributed by atoms with E-state index in [9.17, 15) is 9.18 Å². The molecule has 2 aromatic carbocycles. The lowest BCUT2D eigenvalue weighted by Crippen LogP contribution is -2.54. The fourth-order valence-electron chi connectivity index (χ4n) is 2.91. The SMILES string of the molecule is CNC(=O)c1cccc(Nc2ncnc(N3CC(Oc4ccccc4F)C3)n2)c1. The Bertz CT molecular complexity index is 1030. The van der Waals surface area contributed by atoms with E-state index in [0.29, 0.717) is 36.2 Å². The van der Waals surface area contributed by atoms with Crippen molar-refractivity contribution in [3.05, 3.63) is 66.2 Å². The molecule has 1 amide bonds. The third-order valence-electron chi connectivity index (χ3n) is 4.43. The van der Waals surface area contributed by atoms with E-state index in [4.69, 9.17) is 4.74 Å². The van der Waals surface area contributed by atoms with Crippen LogP contribution in [0.2, 0.25) is 0 Å². The van der Waals surface area contributed by atoms with Gasteiger partial charge in [-0.15, -0.1) is 0 Å². The van der Waals surface area contributed by atoms with Gasteiger partial charge in [-0.05, 0) is 30.3 Å². The topological polar surface area (TPSA) is 92.3 Å². The number of hydrogen-bond acceptors (Lipinski definition) is 7. The number of anilines is 3. The largest absolute Gasteiger partial charge is 0.484 e. The molecule has 0 bridgehead atoms. The first kappa shape index (κ1) is 18.6. The molecule has 1 saturated heterocycles. The number of rotatable bonds is 6. The molecule has 29 heavy (non-hydrogen) atoms. The normalized spacial score (nSPS) is 13.5. The number of aromatic nitrogens is 3. The second-order valence-corrected chi connectivity index (χ2v) is 6.47. The summed E-state index contributed by atoms with van der Waals surface area (Å²) in [6.07, 6.45) is 1.28. The number of amides is 1. The molecule has 0 spiro atoms. The average molecular weight is 394 g/mol. The smallest absolute Gasteiger partial charge is 0.251 e. The highest BCUT2D eigenvalue weighted by Gasteiger charge is 2.31. The Morgan fingerprint density at radius 3 is 2.79 bits per heavy atom. The Kier molecular flexibility index (Phi) is 5.19. The Morgan fingerprint density at radius 1 is 1.17 bits per heavy atom. The van der Waals surface area contributed by atoms with Crippen molar-refractivity contribution in [1.82, 2.24) is 20.3 Å². The Balaban J connectivity index is 1.39. The molecular weight excluding hydrogens is 375 g/mol. The van der Waals surface area contributed by atoms with Gasteiger partial charge in [0.05, 0.1) is 13.1 Å². The molecule has 148 valence electrons. The number of benzene rings is 2. The molecule has 0 saturated carbocycles. The number of hydrogen-bond donors (Lipinski definition) is 2. The molecule has 8 nitrogen and oxygen atoms in total. The van der Waals surface area contributed by atoms with Crippen LogP contribution in [0.15, 0.2) is 54.9 Å². The number of para-hydroxylation sites is 1. The lowest BCUT2D eigenvalue weighted by atomic mass is 10.2. The summed E-state index contributed by atoms with van der Waals surface area (Å²) in [5.41, 5.74) is 1.22. The van der Waals surface area contributed by atoms with Gasteiger partial charge in [0.25, 0.3) is 5.91 Å². The van der Waals surface area contributed by atoms with Gasteiger partial charge in [-0.3, -0.25) is 4.79 Å². The molecule has 1 aromatic heterocycles. The summed E-state index contributed by atoms with van der Waals surface area (Å²) < 4.78 is 19.4. The van der Waals surface area contributed by atoms with E-state index in [0.717, 1.165) is 0 Å². The summed E-state index contributed by atoms with van der Waals surface area (Å²) in [6, 6.07) is 13.4. The van der Waals surface area contributed by atoms with Gasteiger partial charge in [0.1, 0.15) is 12.4 Å². The van der Waals surface area contributed by atoms with Crippen LogP contribution in [0.5, 0.6) is 5.75 Å². The van der Waals surface area contributed by atoms with Gasteiger partial charge in [0, 0.05) is 18.3 Å². The first-order valence-electron chi connectivity index (χ1n) is 9.07. The van der Waals surface area contributed by atoms with Crippen molar-refractivity contribution in [3.8, 4) is 5.75 Å². The van der Waals surface area contributed by atoms with Crippen LogP contribution in [0, 0.1) is 5.82 Å². The molecule has 1 aliphatic rings. The Hall–Kier alpha value is -3.75. The molecule has 0 atom stereocenters. The van der Waals surface area contributed by atoms with Crippen molar-refractivity contribution in [1.29, 1.82) is 0 Å². The molecule has 1 aliphatic heterocycles. The minimum Gasteiger partial charge on any atom is -0.484 e. The average Bonchev–Trinajstić information content (AvgIpc) is 2.71. The van der Waals surface area contributed by atoms with Crippen molar-refractivity contribution in [2.45, 2.75) is 6.10 Å². The quantitative estimate of drug-likeness (QED) is 0.663. The summed E-state index contributed by atoms with van der Waals surface area (Å²) >= 11 is 0. The summed E-state index contributed by atoms with van der Waals surface area (Å²) in [6.45, 7) is 1.09. The van der Waals surface area contributed by atoms with Gasteiger partial charge in [0.15, 0.2) is 11.6 Å². The maximum absolute atomic E-state index is 13.7. The minimum absolute atomic E-state index is 0.135. The van der Waals surface area contributed by atoms with Crippen molar-refractivity contribution in [2.24, 2.45) is 0 Å². The second-order valence-electron chi connectivity index (χ2n) is 6.47. The number of halogens is 1. The van der Waals surface area contributed by atoms with E-state index >= 15 is 0 Å². The van der Waals surface area contributed by atoms with Crippen LogP contribution in [0.4, 0.5) is 22.0 Å². The molecule has 2 heterocycles. The summed E-state index contributed by atoms with van der Waals surface area (Å²) in [4.78, 5) is 26.4. The molecule has 0 unspecified atom stereocenters. The zero-order valence-electron chi connectivity index (χ0n) is 15.7. The van der Waals surface area contributed by atoms with E-state index in [-0.39, 0.29) is 23.6 Å². The van der Waals surface area contributed by atoms with E-state index < -0.39 is 0 Å². The van der Waals surface area contributed by atoms with Gasteiger partial charge in [-0.1, -0.05) is 18.2 Å². The molecular formula is C20H19FN6O2. The maximum Gasteiger partial charge on any atom is 0.251 e. The Labute approximate surface area is 166 Å². The Morgan fingerprint density at radius 2 is 2.00 bits per heavy atom. The van der Waals surface area contributed by atoms with Crippen LogP contribution in [0.1, 0.15) is 10.4 Å². The molecule has 2 N–H and O–H groups in total. The molecule has 4 rings (SSSR count). The van der Waals surface area contributed by atoms with Crippen molar-refractivity contribution in [2.75, 3.05) is 30.4 Å². The number of carbonyl (C=O) groups is 1. The summed E-state index contributed by atoms with van der Waals surface area (Å²) in [7, 11) is 1.58. The van der Waals surface area contributed by atoms with Crippen LogP contribution in [-0.4, -0.2) is 47.1 Å². The third kappa shape index (κ3) is 4.23. The number of nitrogens with zero attached hydrogens (tertiary/aromatic N) is 4. The minimum atomic E-state index is -0.378.